The second-order valence-corrected chi connectivity index (χ2v) is 7.56. The zero-order valence-electron chi connectivity index (χ0n) is 18.9. The Hall–Kier alpha value is -4.77. The Morgan fingerprint density at radius 2 is 1.34 bits per heavy atom. The molecule has 4 aromatic rings. The number of ketones is 1. The molecule has 0 spiro atoms. The van der Waals surface area contributed by atoms with Gasteiger partial charge in [0.25, 0.3) is 0 Å². The number of aliphatic imine (C=N–C) groups is 1. The summed E-state index contributed by atoms with van der Waals surface area (Å²) in [5.74, 6) is 0.486. The lowest BCUT2D eigenvalue weighted by Crippen LogP contribution is -2.17. The molecule has 0 amide bonds. The highest BCUT2D eigenvalue weighted by atomic mass is 16.6. The van der Waals surface area contributed by atoms with E-state index in [4.69, 9.17) is 9.47 Å². The largest absolute Gasteiger partial charge is 0.482 e. The molecule has 5 nitrogen and oxygen atoms in total. The van der Waals surface area contributed by atoms with Crippen LogP contribution in [0.3, 0.4) is 0 Å². The maximum absolute atomic E-state index is 12.4. The predicted molar refractivity (Wildman–Crippen MR) is 138 cm³/mol. The van der Waals surface area contributed by atoms with Crippen molar-refractivity contribution in [3.05, 3.63) is 132 Å². The zero-order valence-corrected chi connectivity index (χ0v) is 18.9. The third kappa shape index (κ3) is 7.37. The summed E-state index contributed by atoms with van der Waals surface area (Å²) in [5, 5.41) is 0. The zero-order chi connectivity index (χ0) is 24.3. The average Bonchev–Trinajstić information content (AvgIpc) is 2.91. The fourth-order valence-electron chi connectivity index (χ4n) is 3.13. The number of hydrogen-bond donors (Lipinski definition) is 0. The van der Waals surface area contributed by atoms with Crippen molar-refractivity contribution in [1.82, 2.24) is 0 Å². The first-order valence-corrected chi connectivity index (χ1v) is 11.1. The van der Waals surface area contributed by atoms with Crippen LogP contribution >= 0.6 is 0 Å². The summed E-state index contributed by atoms with van der Waals surface area (Å²) >= 11 is 0. The van der Waals surface area contributed by atoms with Gasteiger partial charge in [-0.2, -0.15) is 0 Å². The molecular formula is C30H23NO4. The number of rotatable bonds is 9. The van der Waals surface area contributed by atoms with Crippen molar-refractivity contribution in [1.29, 1.82) is 0 Å². The lowest BCUT2D eigenvalue weighted by molar-refractivity contribution is -0.136. The summed E-state index contributed by atoms with van der Waals surface area (Å²) in [6.45, 7) is -0.173. The monoisotopic (exact) mass is 461 g/mol. The molecule has 172 valence electrons. The molecule has 0 saturated heterocycles. The van der Waals surface area contributed by atoms with E-state index in [1.807, 2.05) is 48.5 Å². The molecule has 0 unspecified atom stereocenters. The Morgan fingerprint density at radius 3 is 2.03 bits per heavy atom. The molecule has 0 N–H and O–H groups in total. The van der Waals surface area contributed by atoms with Gasteiger partial charge in [0.2, 0.25) is 0 Å². The third-order valence-electron chi connectivity index (χ3n) is 4.95. The molecule has 4 rings (SSSR count). The topological polar surface area (TPSA) is 65.0 Å². The molecule has 35 heavy (non-hydrogen) atoms. The van der Waals surface area contributed by atoms with Gasteiger partial charge in [-0.15, -0.1) is 0 Å². The minimum atomic E-state index is -0.483. The molecule has 0 aliphatic rings. The SMILES string of the molecule is O=C(COc1ccccc1)Oc1ccc(C=Nc2ccc(C(=O)C=Cc3ccccc3)cc2)cc1. The van der Waals surface area contributed by atoms with Gasteiger partial charge < -0.3 is 9.47 Å². The van der Waals surface area contributed by atoms with E-state index >= 15 is 0 Å². The van der Waals surface area contributed by atoms with Gasteiger partial charge in [0, 0.05) is 11.8 Å². The van der Waals surface area contributed by atoms with Crippen LogP contribution in [0.5, 0.6) is 11.5 Å². The van der Waals surface area contributed by atoms with Crippen LogP contribution < -0.4 is 9.47 Å². The summed E-state index contributed by atoms with van der Waals surface area (Å²) in [5.41, 5.74) is 3.14. The van der Waals surface area contributed by atoms with Crippen LogP contribution in [0.15, 0.2) is 120 Å². The molecule has 0 radical (unpaired) electrons. The number of ether oxygens (including phenoxy) is 2. The maximum Gasteiger partial charge on any atom is 0.349 e. The first-order valence-electron chi connectivity index (χ1n) is 11.1. The van der Waals surface area contributed by atoms with Crippen LogP contribution in [0.2, 0.25) is 0 Å². The smallest absolute Gasteiger partial charge is 0.349 e. The Morgan fingerprint density at radius 1 is 0.686 bits per heavy atom. The lowest BCUT2D eigenvalue weighted by Gasteiger charge is -2.06. The summed E-state index contributed by atoms with van der Waals surface area (Å²) in [7, 11) is 0. The minimum absolute atomic E-state index is 0.0660. The van der Waals surface area contributed by atoms with Gasteiger partial charge in [-0.25, -0.2) is 4.79 Å². The highest BCUT2D eigenvalue weighted by molar-refractivity contribution is 6.07. The van der Waals surface area contributed by atoms with Gasteiger partial charge >= 0.3 is 5.97 Å². The molecular weight excluding hydrogens is 438 g/mol. The van der Waals surface area contributed by atoms with Crippen molar-refractivity contribution >= 4 is 29.7 Å². The first kappa shape index (κ1) is 23.4. The molecule has 0 fully saturated rings. The molecule has 0 aromatic heterocycles. The number of carbonyl (C=O) groups is 2. The van der Waals surface area contributed by atoms with Crippen LogP contribution in [0, 0.1) is 0 Å². The van der Waals surface area contributed by atoms with Crippen molar-refractivity contribution in [3.8, 4) is 11.5 Å². The molecule has 0 atom stereocenters. The van der Waals surface area contributed by atoms with Gasteiger partial charge in [0.05, 0.1) is 5.69 Å². The van der Waals surface area contributed by atoms with E-state index in [1.165, 1.54) is 0 Å². The van der Waals surface area contributed by atoms with E-state index in [0.717, 1.165) is 16.8 Å². The Kier molecular flexibility index (Phi) is 7.96. The summed E-state index contributed by atoms with van der Waals surface area (Å²) in [6, 6.07) is 32.9. The Labute approximate surface area is 204 Å². The number of allylic oxidation sites excluding steroid dienone is 1. The quantitative estimate of drug-likeness (QED) is 0.0962. The van der Waals surface area contributed by atoms with E-state index in [9.17, 15) is 9.59 Å². The molecule has 0 aliphatic heterocycles. The number of nitrogens with zero attached hydrogens (tertiary/aromatic N) is 1. The van der Waals surface area contributed by atoms with Gasteiger partial charge in [0.1, 0.15) is 11.5 Å². The maximum atomic E-state index is 12.4. The van der Waals surface area contributed by atoms with Crippen molar-refractivity contribution < 1.29 is 19.1 Å². The van der Waals surface area contributed by atoms with E-state index in [1.54, 1.807) is 79.0 Å². The molecule has 0 bridgehead atoms. The molecule has 4 aromatic carbocycles. The molecule has 0 saturated carbocycles. The summed E-state index contributed by atoms with van der Waals surface area (Å²) in [6.07, 6.45) is 5.07. The van der Waals surface area contributed by atoms with Crippen molar-refractivity contribution in [2.45, 2.75) is 0 Å². The highest BCUT2D eigenvalue weighted by Crippen LogP contribution is 2.16. The number of hydrogen-bond acceptors (Lipinski definition) is 5. The molecule has 5 heteroatoms. The average molecular weight is 462 g/mol. The van der Waals surface area contributed by atoms with E-state index < -0.39 is 5.97 Å². The molecule has 0 heterocycles. The van der Waals surface area contributed by atoms with Crippen LogP contribution in [-0.4, -0.2) is 24.6 Å². The number of esters is 1. The number of benzene rings is 4. The Bertz CT molecular complexity index is 1310. The van der Waals surface area contributed by atoms with Gasteiger partial charge in [-0.1, -0.05) is 54.6 Å². The van der Waals surface area contributed by atoms with Crippen molar-refractivity contribution in [3.63, 3.8) is 0 Å². The fourth-order valence-corrected chi connectivity index (χ4v) is 3.13. The standard InChI is InChI=1S/C30H23NO4/c32-29(20-13-23-7-3-1-4-8-23)25-14-16-26(17-15-25)31-21-24-11-18-28(19-12-24)35-30(33)22-34-27-9-5-2-6-10-27/h1-21H,22H2. The van der Waals surface area contributed by atoms with Gasteiger partial charge in [0.15, 0.2) is 12.4 Å². The summed E-state index contributed by atoms with van der Waals surface area (Å²) < 4.78 is 10.7. The first-order chi connectivity index (χ1) is 17.2. The van der Waals surface area contributed by atoms with Crippen LogP contribution in [0.1, 0.15) is 21.5 Å². The predicted octanol–water partition coefficient (Wildman–Crippen LogP) is 6.32. The number of carbonyl (C=O) groups excluding carboxylic acids is 2. The second kappa shape index (κ2) is 11.9. The third-order valence-corrected chi connectivity index (χ3v) is 4.95. The number of para-hydroxylation sites is 1. The van der Waals surface area contributed by atoms with E-state index in [2.05, 4.69) is 4.99 Å². The van der Waals surface area contributed by atoms with E-state index in [-0.39, 0.29) is 12.4 Å². The van der Waals surface area contributed by atoms with Gasteiger partial charge in [-0.3, -0.25) is 9.79 Å². The van der Waals surface area contributed by atoms with Crippen molar-refractivity contribution in [2.24, 2.45) is 4.99 Å². The van der Waals surface area contributed by atoms with Crippen molar-refractivity contribution in [2.75, 3.05) is 6.61 Å². The van der Waals surface area contributed by atoms with Gasteiger partial charge in [-0.05, 0) is 77.9 Å². The van der Waals surface area contributed by atoms with Crippen LogP contribution in [-0.2, 0) is 4.79 Å². The lowest BCUT2D eigenvalue weighted by atomic mass is 10.1. The van der Waals surface area contributed by atoms with Crippen LogP contribution in [0.25, 0.3) is 6.08 Å². The van der Waals surface area contributed by atoms with E-state index in [0.29, 0.717) is 17.1 Å². The fraction of sp³-hybridized carbons (Fsp3) is 0.0333. The molecule has 0 aliphatic carbocycles. The second-order valence-electron chi connectivity index (χ2n) is 7.56. The Balaban J connectivity index is 1.28. The van der Waals surface area contributed by atoms with Crippen LogP contribution in [0.4, 0.5) is 5.69 Å². The summed E-state index contributed by atoms with van der Waals surface area (Å²) in [4.78, 5) is 28.8. The normalized spacial score (nSPS) is 11.0. The minimum Gasteiger partial charge on any atom is -0.482 e. The highest BCUT2D eigenvalue weighted by Gasteiger charge is 2.06.